The molecule has 3 N–H and O–H groups in total. The molecule has 31 heavy (non-hydrogen) atoms. The zero-order valence-electron chi connectivity index (χ0n) is 16.9. The van der Waals surface area contributed by atoms with Crippen LogP contribution in [0.2, 0.25) is 0 Å². The van der Waals surface area contributed by atoms with Crippen molar-refractivity contribution in [3.05, 3.63) is 29.8 Å². The molecule has 0 bridgehead atoms. The number of carbonyl (C=O) groups excluding carboxylic acids is 2. The lowest BCUT2D eigenvalue weighted by molar-refractivity contribution is -0.274. The average Bonchev–Trinajstić information content (AvgIpc) is 3.15. The van der Waals surface area contributed by atoms with Gasteiger partial charge < -0.3 is 20.7 Å². The summed E-state index contributed by atoms with van der Waals surface area (Å²) in [5.41, 5.74) is 0.811. The Morgan fingerprint density at radius 2 is 2.06 bits per heavy atom. The van der Waals surface area contributed by atoms with Crippen LogP contribution in [0.1, 0.15) is 24.8 Å². The molecule has 3 rings (SSSR count). The smallest absolute Gasteiger partial charge is 0.406 e. The maximum absolute atomic E-state index is 12.3. The normalized spacial score (nSPS) is 23.5. The molecule has 2 heterocycles. The van der Waals surface area contributed by atoms with Crippen molar-refractivity contribution in [2.75, 3.05) is 19.6 Å². The first kappa shape index (κ1) is 22.9. The van der Waals surface area contributed by atoms with Gasteiger partial charge >= 0.3 is 6.36 Å². The SMILES string of the molecule is C#CCNC(=O)CC[C@H]1CNC(=O)[C@H]2C[C@H](NCc3ccc(OC(F)(F)F)cc3)CN12. The molecule has 2 saturated heterocycles. The molecule has 1 aromatic rings. The molecule has 0 aliphatic carbocycles. The van der Waals surface area contributed by atoms with E-state index in [9.17, 15) is 22.8 Å². The van der Waals surface area contributed by atoms with Gasteiger partial charge in [-0.1, -0.05) is 18.1 Å². The Bertz CT molecular complexity index is 823. The number of terminal acetylenes is 1. The average molecular weight is 438 g/mol. The number of hydrogen-bond acceptors (Lipinski definition) is 5. The van der Waals surface area contributed by atoms with E-state index in [1.54, 1.807) is 12.1 Å². The van der Waals surface area contributed by atoms with Crippen LogP contribution in [-0.2, 0) is 16.1 Å². The number of carbonyl (C=O) groups is 2. The van der Waals surface area contributed by atoms with E-state index in [2.05, 4.69) is 31.5 Å². The topological polar surface area (TPSA) is 82.7 Å². The van der Waals surface area contributed by atoms with Crippen LogP contribution < -0.4 is 20.7 Å². The molecule has 10 heteroatoms. The minimum atomic E-state index is -4.71. The second kappa shape index (κ2) is 10.0. The van der Waals surface area contributed by atoms with Gasteiger partial charge in [0.05, 0.1) is 12.6 Å². The van der Waals surface area contributed by atoms with Gasteiger partial charge in [0.1, 0.15) is 5.75 Å². The Hall–Kier alpha value is -2.77. The summed E-state index contributed by atoms with van der Waals surface area (Å²) in [6.07, 6.45) is 1.99. The molecule has 0 saturated carbocycles. The van der Waals surface area contributed by atoms with E-state index in [0.29, 0.717) is 38.9 Å². The predicted molar refractivity (Wildman–Crippen MR) is 107 cm³/mol. The van der Waals surface area contributed by atoms with Crippen LogP contribution in [-0.4, -0.2) is 60.8 Å². The lowest BCUT2D eigenvalue weighted by Crippen LogP contribution is -2.58. The summed E-state index contributed by atoms with van der Waals surface area (Å²) >= 11 is 0. The highest BCUT2D eigenvalue weighted by Gasteiger charge is 2.43. The molecule has 0 radical (unpaired) electrons. The lowest BCUT2D eigenvalue weighted by Gasteiger charge is -2.37. The number of amides is 2. The number of halogens is 3. The fourth-order valence-corrected chi connectivity index (χ4v) is 4.00. The lowest BCUT2D eigenvalue weighted by atomic mass is 10.0. The predicted octanol–water partition coefficient (Wildman–Crippen LogP) is 1.15. The van der Waals surface area contributed by atoms with Gasteiger partial charge in [0.2, 0.25) is 11.8 Å². The Morgan fingerprint density at radius 3 is 2.74 bits per heavy atom. The standard InChI is InChI=1S/C21H25F3N4O3/c1-2-9-25-19(29)8-5-16-12-27-20(30)18-10-15(13-28(16)18)26-11-14-3-6-17(7-4-14)31-21(22,23)24/h1,3-4,6-7,15-16,18,26H,5,8-13H2,(H,25,29)(H,27,30)/t15-,16-,18+/m0/s1. The highest BCUT2D eigenvalue weighted by molar-refractivity contribution is 5.83. The van der Waals surface area contributed by atoms with Gasteiger partial charge in [-0.05, 0) is 30.5 Å². The summed E-state index contributed by atoms with van der Waals surface area (Å²) in [5.74, 6) is 1.96. The second-order valence-electron chi connectivity index (χ2n) is 7.64. The monoisotopic (exact) mass is 438 g/mol. The Balaban J connectivity index is 1.50. The maximum atomic E-state index is 12.3. The zero-order valence-corrected chi connectivity index (χ0v) is 16.9. The summed E-state index contributed by atoms with van der Waals surface area (Å²) in [6.45, 7) is 1.80. The van der Waals surface area contributed by atoms with Crippen molar-refractivity contribution in [2.24, 2.45) is 0 Å². The largest absolute Gasteiger partial charge is 0.573 e. The molecule has 7 nitrogen and oxygen atoms in total. The first-order valence-corrected chi connectivity index (χ1v) is 10.1. The molecule has 2 fully saturated rings. The highest BCUT2D eigenvalue weighted by Crippen LogP contribution is 2.26. The van der Waals surface area contributed by atoms with Crippen LogP contribution in [0, 0.1) is 12.3 Å². The van der Waals surface area contributed by atoms with E-state index in [1.807, 2.05) is 0 Å². The van der Waals surface area contributed by atoms with Crippen molar-refractivity contribution in [1.29, 1.82) is 0 Å². The number of hydrogen-bond donors (Lipinski definition) is 3. The van der Waals surface area contributed by atoms with E-state index in [0.717, 1.165) is 5.56 Å². The van der Waals surface area contributed by atoms with Crippen molar-refractivity contribution in [2.45, 2.75) is 50.3 Å². The number of nitrogens with one attached hydrogen (secondary N) is 3. The van der Waals surface area contributed by atoms with Gasteiger partial charge in [-0.15, -0.1) is 19.6 Å². The summed E-state index contributed by atoms with van der Waals surface area (Å²) < 4.78 is 40.6. The van der Waals surface area contributed by atoms with Crippen LogP contribution in [0.5, 0.6) is 5.75 Å². The number of fused-ring (bicyclic) bond motifs is 1. The molecule has 1 aromatic carbocycles. The first-order chi connectivity index (χ1) is 14.7. The molecule has 3 atom stereocenters. The van der Waals surface area contributed by atoms with Crippen molar-refractivity contribution in [3.8, 4) is 18.1 Å². The number of ether oxygens (including phenoxy) is 1. The minimum Gasteiger partial charge on any atom is -0.406 e. The fourth-order valence-electron chi connectivity index (χ4n) is 4.00. The molecular formula is C21H25F3N4O3. The van der Waals surface area contributed by atoms with Crippen LogP contribution in [0.4, 0.5) is 13.2 Å². The van der Waals surface area contributed by atoms with Gasteiger partial charge in [0, 0.05) is 38.1 Å². The van der Waals surface area contributed by atoms with Crippen LogP contribution in [0.15, 0.2) is 24.3 Å². The molecule has 0 aromatic heterocycles. The highest BCUT2D eigenvalue weighted by atomic mass is 19.4. The molecule has 2 amide bonds. The summed E-state index contributed by atoms with van der Waals surface area (Å²) in [5, 5.41) is 8.92. The van der Waals surface area contributed by atoms with Crippen molar-refractivity contribution >= 4 is 11.8 Å². The van der Waals surface area contributed by atoms with Crippen molar-refractivity contribution in [3.63, 3.8) is 0 Å². The molecule has 0 unspecified atom stereocenters. The van der Waals surface area contributed by atoms with Gasteiger partial charge in [-0.25, -0.2) is 0 Å². The molecule has 0 spiro atoms. The fraction of sp³-hybridized carbons (Fsp3) is 0.524. The number of rotatable bonds is 8. The van der Waals surface area contributed by atoms with E-state index in [-0.39, 0.29) is 42.2 Å². The van der Waals surface area contributed by atoms with Gasteiger partial charge in [0.25, 0.3) is 0 Å². The molecule has 2 aliphatic heterocycles. The minimum absolute atomic E-state index is 0.0222. The molecule has 2 aliphatic rings. The number of alkyl halides is 3. The quantitative estimate of drug-likeness (QED) is 0.531. The second-order valence-corrected chi connectivity index (χ2v) is 7.64. The third kappa shape index (κ3) is 6.60. The Labute approximate surface area is 178 Å². The third-order valence-corrected chi connectivity index (χ3v) is 5.47. The number of nitrogens with zero attached hydrogens (tertiary/aromatic N) is 1. The Morgan fingerprint density at radius 1 is 1.32 bits per heavy atom. The first-order valence-electron chi connectivity index (χ1n) is 10.1. The molecule has 168 valence electrons. The molecular weight excluding hydrogens is 413 g/mol. The van der Waals surface area contributed by atoms with E-state index < -0.39 is 6.36 Å². The number of piperazine rings is 1. The van der Waals surface area contributed by atoms with Crippen molar-refractivity contribution in [1.82, 2.24) is 20.9 Å². The summed E-state index contributed by atoms with van der Waals surface area (Å²) in [7, 11) is 0. The summed E-state index contributed by atoms with van der Waals surface area (Å²) in [6, 6.07) is 5.55. The van der Waals surface area contributed by atoms with Crippen LogP contribution in [0.3, 0.4) is 0 Å². The maximum Gasteiger partial charge on any atom is 0.573 e. The van der Waals surface area contributed by atoms with E-state index >= 15 is 0 Å². The van der Waals surface area contributed by atoms with E-state index in [1.165, 1.54) is 12.1 Å². The zero-order chi connectivity index (χ0) is 22.4. The van der Waals surface area contributed by atoms with Crippen LogP contribution in [0.25, 0.3) is 0 Å². The van der Waals surface area contributed by atoms with E-state index in [4.69, 9.17) is 6.42 Å². The third-order valence-electron chi connectivity index (χ3n) is 5.47. The van der Waals surface area contributed by atoms with Gasteiger partial charge in [-0.2, -0.15) is 0 Å². The number of benzene rings is 1. The van der Waals surface area contributed by atoms with Gasteiger partial charge in [-0.3, -0.25) is 14.5 Å². The Kier molecular flexibility index (Phi) is 7.41. The summed E-state index contributed by atoms with van der Waals surface area (Å²) in [4.78, 5) is 26.2. The van der Waals surface area contributed by atoms with Gasteiger partial charge in [0.15, 0.2) is 0 Å². The van der Waals surface area contributed by atoms with Crippen molar-refractivity contribution < 1.29 is 27.5 Å². The van der Waals surface area contributed by atoms with Crippen LogP contribution >= 0.6 is 0 Å².